The zero-order valence-corrected chi connectivity index (χ0v) is 16.4. The van der Waals surface area contributed by atoms with E-state index in [0.717, 1.165) is 25.2 Å². The Morgan fingerprint density at radius 3 is 2.77 bits per heavy atom. The molecule has 0 bridgehead atoms. The lowest BCUT2D eigenvalue weighted by molar-refractivity contribution is -0.136. The van der Waals surface area contributed by atoms with Crippen LogP contribution in [0.3, 0.4) is 0 Å². The van der Waals surface area contributed by atoms with Gasteiger partial charge in [0.25, 0.3) is 0 Å². The summed E-state index contributed by atoms with van der Waals surface area (Å²) in [6.07, 6.45) is 7.55. The van der Waals surface area contributed by atoms with Crippen LogP contribution in [0.25, 0.3) is 0 Å². The predicted molar refractivity (Wildman–Crippen MR) is 97.4 cm³/mol. The minimum atomic E-state index is -0.346. The van der Waals surface area contributed by atoms with E-state index in [9.17, 15) is 4.79 Å². The first-order chi connectivity index (χ1) is 12.6. The van der Waals surface area contributed by atoms with Gasteiger partial charge in [-0.3, -0.25) is 9.69 Å². The molecule has 2 fully saturated rings. The van der Waals surface area contributed by atoms with Gasteiger partial charge in [0.15, 0.2) is 5.82 Å². The molecule has 8 heteroatoms. The smallest absolute Gasteiger partial charge is 0.222 e. The van der Waals surface area contributed by atoms with Crippen molar-refractivity contribution < 1.29 is 9.53 Å². The van der Waals surface area contributed by atoms with Crippen molar-refractivity contribution >= 4 is 5.91 Å². The van der Waals surface area contributed by atoms with Gasteiger partial charge in [0, 0.05) is 26.6 Å². The average molecular weight is 364 g/mol. The fourth-order valence-corrected chi connectivity index (χ4v) is 4.45. The van der Waals surface area contributed by atoms with Crippen LogP contribution < -0.4 is 0 Å². The van der Waals surface area contributed by atoms with E-state index in [0.29, 0.717) is 37.9 Å². The minimum Gasteiger partial charge on any atom is -0.383 e. The Morgan fingerprint density at radius 1 is 1.31 bits per heavy atom. The molecule has 1 aromatic heterocycles. The van der Waals surface area contributed by atoms with Gasteiger partial charge < -0.3 is 9.64 Å². The van der Waals surface area contributed by atoms with Crippen LogP contribution in [0, 0.1) is 5.92 Å². The first-order valence-corrected chi connectivity index (χ1v) is 9.77. The number of aromatic nitrogens is 4. The second kappa shape index (κ2) is 8.43. The van der Waals surface area contributed by atoms with E-state index in [1.165, 1.54) is 25.7 Å². The molecule has 26 heavy (non-hydrogen) atoms. The lowest BCUT2D eigenvalue weighted by atomic mass is 9.86. The summed E-state index contributed by atoms with van der Waals surface area (Å²) in [5.74, 6) is 1.70. The van der Waals surface area contributed by atoms with Crippen molar-refractivity contribution in [2.45, 2.75) is 57.0 Å². The van der Waals surface area contributed by atoms with E-state index >= 15 is 0 Å². The Balaban J connectivity index is 1.78. The minimum absolute atomic E-state index is 0.291. The average Bonchev–Trinajstić information content (AvgIpc) is 3.31. The Bertz CT molecular complexity index is 598. The third-order valence-electron chi connectivity index (χ3n) is 6.07. The van der Waals surface area contributed by atoms with Gasteiger partial charge in [-0.1, -0.05) is 12.8 Å². The van der Waals surface area contributed by atoms with Gasteiger partial charge in [-0.15, -0.1) is 5.10 Å². The number of likely N-dealkylation sites (N-methyl/N-ethyl adjacent to an activating group) is 1. The van der Waals surface area contributed by atoms with Crippen molar-refractivity contribution in [2.75, 3.05) is 40.9 Å². The number of carbonyl (C=O) groups is 1. The maximum Gasteiger partial charge on any atom is 0.222 e. The molecule has 0 radical (unpaired) electrons. The molecule has 1 aliphatic carbocycles. The van der Waals surface area contributed by atoms with E-state index in [4.69, 9.17) is 4.74 Å². The molecule has 1 atom stereocenters. The third kappa shape index (κ3) is 3.91. The second-order valence-electron chi connectivity index (χ2n) is 7.92. The maximum absolute atomic E-state index is 12.9. The molecule has 1 aromatic rings. The van der Waals surface area contributed by atoms with Crippen LogP contribution >= 0.6 is 0 Å². The summed E-state index contributed by atoms with van der Waals surface area (Å²) in [6.45, 7) is 2.66. The lowest BCUT2D eigenvalue weighted by Crippen LogP contribution is -2.56. The zero-order chi connectivity index (χ0) is 18.6. The Kier molecular flexibility index (Phi) is 6.24. The standard InChI is InChI=1S/C18H32N6O2/c1-22(2)18(17-19-20-21-24(17)11-12-26-3)9-6-10-23(14-18)16(25)13-15-7-4-5-8-15/h15H,4-14H2,1-3H3. The highest BCUT2D eigenvalue weighted by molar-refractivity contribution is 5.76. The summed E-state index contributed by atoms with van der Waals surface area (Å²) in [6, 6.07) is 0. The van der Waals surface area contributed by atoms with Gasteiger partial charge in [-0.05, 0) is 56.1 Å². The molecule has 1 amide bonds. The molecule has 3 rings (SSSR count). The number of likely N-dealkylation sites (tertiary alicyclic amines) is 1. The molecule has 2 heterocycles. The number of tetrazole rings is 1. The molecule has 0 aromatic carbocycles. The van der Waals surface area contributed by atoms with Gasteiger partial charge >= 0.3 is 0 Å². The fourth-order valence-electron chi connectivity index (χ4n) is 4.45. The fraction of sp³-hybridized carbons (Fsp3) is 0.889. The number of piperidine rings is 1. The number of amides is 1. The van der Waals surface area contributed by atoms with Gasteiger partial charge in [0.2, 0.25) is 5.91 Å². The molecule has 1 unspecified atom stereocenters. The SMILES string of the molecule is COCCn1nnnc1C1(N(C)C)CCCN(C(=O)CC2CCCC2)C1. The number of hydrogen-bond donors (Lipinski definition) is 0. The normalized spacial score (nSPS) is 24.5. The molecule has 8 nitrogen and oxygen atoms in total. The highest BCUT2D eigenvalue weighted by Gasteiger charge is 2.44. The number of hydrogen-bond acceptors (Lipinski definition) is 6. The summed E-state index contributed by atoms with van der Waals surface area (Å²) in [4.78, 5) is 17.1. The zero-order valence-electron chi connectivity index (χ0n) is 16.4. The van der Waals surface area contributed by atoms with Gasteiger partial charge in [-0.2, -0.15) is 0 Å². The van der Waals surface area contributed by atoms with Crippen molar-refractivity contribution in [2.24, 2.45) is 5.92 Å². The Hall–Kier alpha value is -1.54. The summed E-state index contributed by atoms with van der Waals surface area (Å²) in [5.41, 5.74) is -0.346. The Labute approximate surface area is 155 Å². The monoisotopic (exact) mass is 364 g/mol. The molecule has 146 valence electrons. The number of ether oxygens (including phenoxy) is 1. The second-order valence-corrected chi connectivity index (χ2v) is 7.92. The van der Waals surface area contributed by atoms with Crippen molar-refractivity contribution in [3.8, 4) is 0 Å². The van der Waals surface area contributed by atoms with E-state index in [-0.39, 0.29) is 5.54 Å². The molecular weight excluding hydrogens is 332 g/mol. The summed E-state index contributed by atoms with van der Waals surface area (Å²) in [7, 11) is 5.79. The van der Waals surface area contributed by atoms with Crippen LogP contribution in [-0.2, 0) is 21.6 Å². The molecule has 1 saturated carbocycles. The summed E-state index contributed by atoms with van der Waals surface area (Å²) >= 11 is 0. The van der Waals surface area contributed by atoms with Crippen molar-refractivity contribution in [3.63, 3.8) is 0 Å². The molecular formula is C18H32N6O2. The van der Waals surface area contributed by atoms with E-state index in [1.54, 1.807) is 7.11 Å². The first kappa shape index (κ1) is 19.2. The third-order valence-corrected chi connectivity index (χ3v) is 6.07. The Morgan fingerprint density at radius 2 is 2.08 bits per heavy atom. The van der Waals surface area contributed by atoms with Crippen LogP contribution in [0.4, 0.5) is 0 Å². The molecule has 0 spiro atoms. The molecule has 1 saturated heterocycles. The van der Waals surface area contributed by atoms with E-state index < -0.39 is 0 Å². The highest BCUT2D eigenvalue weighted by atomic mass is 16.5. The summed E-state index contributed by atoms with van der Waals surface area (Å²) < 4.78 is 7.02. The molecule has 0 N–H and O–H groups in total. The largest absolute Gasteiger partial charge is 0.383 e. The van der Waals surface area contributed by atoms with Crippen LogP contribution in [0.5, 0.6) is 0 Å². The van der Waals surface area contributed by atoms with Gasteiger partial charge in [0.1, 0.15) is 5.54 Å². The number of methoxy groups -OCH3 is 1. The lowest BCUT2D eigenvalue weighted by Gasteiger charge is -2.46. The number of nitrogens with zero attached hydrogens (tertiary/aromatic N) is 6. The summed E-state index contributed by atoms with van der Waals surface area (Å²) in [5, 5.41) is 12.4. The van der Waals surface area contributed by atoms with Crippen LogP contribution in [-0.4, -0.2) is 76.8 Å². The van der Waals surface area contributed by atoms with Crippen LogP contribution in [0.1, 0.15) is 50.8 Å². The van der Waals surface area contributed by atoms with Crippen molar-refractivity contribution in [3.05, 3.63) is 5.82 Å². The predicted octanol–water partition coefficient (Wildman–Crippen LogP) is 1.28. The van der Waals surface area contributed by atoms with E-state index in [1.807, 2.05) is 9.58 Å². The number of rotatable bonds is 7. The topological polar surface area (TPSA) is 76.4 Å². The van der Waals surface area contributed by atoms with Crippen LogP contribution in [0.2, 0.25) is 0 Å². The van der Waals surface area contributed by atoms with Crippen molar-refractivity contribution in [1.29, 1.82) is 0 Å². The van der Waals surface area contributed by atoms with E-state index in [2.05, 4.69) is 34.5 Å². The molecule has 2 aliphatic rings. The molecule has 1 aliphatic heterocycles. The van der Waals surface area contributed by atoms with Gasteiger partial charge in [-0.25, -0.2) is 4.68 Å². The van der Waals surface area contributed by atoms with Crippen molar-refractivity contribution in [1.82, 2.24) is 30.0 Å². The quantitative estimate of drug-likeness (QED) is 0.725. The number of carbonyl (C=O) groups excluding carboxylic acids is 1. The highest BCUT2D eigenvalue weighted by Crippen LogP contribution is 2.36. The van der Waals surface area contributed by atoms with Gasteiger partial charge in [0.05, 0.1) is 13.2 Å². The maximum atomic E-state index is 12.9. The first-order valence-electron chi connectivity index (χ1n) is 9.77. The van der Waals surface area contributed by atoms with Crippen LogP contribution in [0.15, 0.2) is 0 Å².